The Hall–Kier alpha value is -2.74. The molecular formula is C23H24N2. The zero-order valence-electron chi connectivity index (χ0n) is 14.6. The molecule has 2 atom stereocenters. The second-order valence-corrected chi connectivity index (χ2v) is 6.82. The summed E-state index contributed by atoms with van der Waals surface area (Å²) in [7, 11) is 0. The minimum absolute atomic E-state index is 0.426. The van der Waals surface area contributed by atoms with E-state index in [1.165, 1.54) is 34.5 Å². The lowest BCUT2D eigenvalue weighted by molar-refractivity contribution is 0.573. The first-order chi connectivity index (χ1) is 12.3. The van der Waals surface area contributed by atoms with E-state index in [-0.39, 0.29) is 0 Å². The molecule has 0 bridgehead atoms. The number of nitrogens with two attached hydrogens (primary N) is 1. The molecule has 1 heterocycles. The van der Waals surface area contributed by atoms with E-state index < -0.39 is 0 Å². The first-order valence-electron chi connectivity index (χ1n) is 9.00. The Morgan fingerprint density at radius 1 is 1.16 bits per heavy atom. The number of rotatable bonds is 3. The quantitative estimate of drug-likeness (QED) is 0.594. The molecule has 2 aliphatic rings. The van der Waals surface area contributed by atoms with Crippen LogP contribution in [0.15, 0.2) is 79.0 Å². The molecule has 126 valence electrons. The highest BCUT2D eigenvalue weighted by Crippen LogP contribution is 2.49. The summed E-state index contributed by atoms with van der Waals surface area (Å²) in [5.41, 5.74) is 12.1. The Bertz CT molecular complexity index is 846. The minimum Gasteiger partial charge on any atom is -0.405 e. The van der Waals surface area contributed by atoms with Crippen molar-refractivity contribution in [3.8, 4) is 0 Å². The van der Waals surface area contributed by atoms with Gasteiger partial charge in [0, 0.05) is 17.3 Å². The van der Waals surface area contributed by atoms with E-state index in [2.05, 4.69) is 78.6 Å². The van der Waals surface area contributed by atoms with Gasteiger partial charge in [-0.05, 0) is 73.0 Å². The van der Waals surface area contributed by atoms with Crippen LogP contribution in [-0.2, 0) is 0 Å². The van der Waals surface area contributed by atoms with E-state index in [1.54, 1.807) is 6.20 Å². The van der Waals surface area contributed by atoms with E-state index in [1.807, 2.05) is 6.08 Å². The Balaban J connectivity index is 1.81. The summed E-state index contributed by atoms with van der Waals surface area (Å²) in [5, 5.41) is 0. The SMILES string of the molecule is C/C(=C\C=C/N)c1ccc2c(c1)C1CCC=CC1N2c1ccccc1. The average Bonchev–Trinajstić information content (AvgIpc) is 3.00. The predicted molar refractivity (Wildman–Crippen MR) is 107 cm³/mol. The van der Waals surface area contributed by atoms with Crippen LogP contribution >= 0.6 is 0 Å². The van der Waals surface area contributed by atoms with Crippen molar-refractivity contribution >= 4 is 16.9 Å². The molecule has 2 aromatic rings. The van der Waals surface area contributed by atoms with Crippen LogP contribution in [0.5, 0.6) is 0 Å². The van der Waals surface area contributed by atoms with Gasteiger partial charge in [-0.2, -0.15) is 0 Å². The lowest BCUT2D eigenvalue weighted by Gasteiger charge is -2.30. The molecule has 2 aromatic carbocycles. The predicted octanol–water partition coefficient (Wildman–Crippen LogP) is 5.52. The molecular weight excluding hydrogens is 304 g/mol. The molecule has 2 nitrogen and oxygen atoms in total. The van der Waals surface area contributed by atoms with Gasteiger partial charge in [-0.15, -0.1) is 0 Å². The van der Waals surface area contributed by atoms with Gasteiger partial charge in [0.2, 0.25) is 0 Å². The van der Waals surface area contributed by atoms with Crippen molar-refractivity contribution in [3.63, 3.8) is 0 Å². The summed E-state index contributed by atoms with van der Waals surface area (Å²) in [6.07, 6.45) is 12.7. The molecule has 1 aliphatic heterocycles. The smallest absolute Gasteiger partial charge is 0.0591 e. The van der Waals surface area contributed by atoms with Crippen molar-refractivity contribution in [2.24, 2.45) is 5.73 Å². The number of fused-ring (bicyclic) bond motifs is 3. The van der Waals surface area contributed by atoms with Crippen molar-refractivity contribution in [1.29, 1.82) is 0 Å². The molecule has 0 saturated heterocycles. The van der Waals surface area contributed by atoms with Crippen LogP contribution in [0.1, 0.15) is 36.8 Å². The molecule has 1 aliphatic carbocycles. The third-order valence-electron chi connectivity index (χ3n) is 5.32. The van der Waals surface area contributed by atoms with Gasteiger partial charge < -0.3 is 10.6 Å². The van der Waals surface area contributed by atoms with E-state index in [0.717, 1.165) is 6.42 Å². The van der Waals surface area contributed by atoms with Crippen molar-refractivity contribution in [1.82, 2.24) is 0 Å². The molecule has 2 unspecified atom stereocenters. The van der Waals surface area contributed by atoms with Crippen LogP contribution in [0.2, 0.25) is 0 Å². The third-order valence-corrected chi connectivity index (χ3v) is 5.32. The molecule has 25 heavy (non-hydrogen) atoms. The van der Waals surface area contributed by atoms with E-state index in [9.17, 15) is 0 Å². The number of para-hydroxylation sites is 1. The molecule has 0 saturated carbocycles. The monoisotopic (exact) mass is 328 g/mol. The summed E-state index contributed by atoms with van der Waals surface area (Å²) in [4.78, 5) is 2.50. The van der Waals surface area contributed by atoms with Crippen LogP contribution in [0.25, 0.3) is 5.57 Å². The number of allylic oxidation sites excluding steroid dienone is 4. The highest BCUT2D eigenvalue weighted by atomic mass is 15.2. The van der Waals surface area contributed by atoms with Crippen LogP contribution < -0.4 is 10.6 Å². The highest BCUT2D eigenvalue weighted by molar-refractivity contribution is 5.77. The van der Waals surface area contributed by atoms with Gasteiger partial charge in [-0.3, -0.25) is 0 Å². The van der Waals surface area contributed by atoms with Crippen LogP contribution in [-0.4, -0.2) is 6.04 Å². The normalized spacial score (nSPS) is 22.3. The topological polar surface area (TPSA) is 29.3 Å². The van der Waals surface area contributed by atoms with Gasteiger partial charge in [0.15, 0.2) is 0 Å². The highest BCUT2D eigenvalue weighted by Gasteiger charge is 2.38. The Morgan fingerprint density at radius 2 is 2.00 bits per heavy atom. The van der Waals surface area contributed by atoms with Crippen LogP contribution in [0.4, 0.5) is 11.4 Å². The van der Waals surface area contributed by atoms with E-state index >= 15 is 0 Å². The zero-order valence-corrected chi connectivity index (χ0v) is 14.6. The summed E-state index contributed by atoms with van der Waals surface area (Å²) in [6.45, 7) is 2.14. The second-order valence-electron chi connectivity index (χ2n) is 6.82. The van der Waals surface area contributed by atoms with Gasteiger partial charge in [-0.25, -0.2) is 0 Å². The number of hydrogen-bond acceptors (Lipinski definition) is 2. The molecule has 0 spiro atoms. The maximum Gasteiger partial charge on any atom is 0.0591 e. The summed E-state index contributed by atoms with van der Waals surface area (Å²) < 4.78 is 0. The van der Waals surface area contributed by atoms with Gasteiger partial charge in [0.25, 0.3) is 0 Å². The van der Waals surface area contributed by atoms with Crippen molar-refractivity contribution in [2.75, 3.05) is 4.90 Å². The number of benzene rings is 2. The molecule has 0 amide bonds. The molecule has 0 fully saturated rings. The number of hydrogen-bond donors (Lipinski definition) is 1. The largest absolute Gasteiger partial charge is 0.405 e. The molecule has 0 radical (unpaired) electrons. The number of anilines is 2. The maximum absolute atomic E-state index is 5.48. The molecule has 4 rings (SSSR count). The molecule has 2 heteroatoms. The van der Waals surface area contributed by atoms with Crippen molar-refractivity contribution in [2.45, 2.75) is 31.7 Å². The first-order valence-corrected chi connectivity index (χ1v) is 9.00. The lowest BCUT2D eigenvalue weighted by Crippen LogP contribution is -2.29. The fourth-order valence-corrected chi connectivity index (χ4v) is 4.09. The average molecular weight is 328 g/mol. The fourth-order valence-electron chi connectivity index (χ4n) is 4.09. The third kappa shape index (κ3) is 2.78. The van der Waals surface area contributed by atoms with Crippen LogP contribution in [0, 0.1) is 0 Å². The summed E-state index contributed by atoms with van der Waals surface area (Å²) in [6, 6.07) is 18.1. The number of nitrogens with zero attached hydrogens (tertiary/aromatic N) is 1. The van der Waals surface area contributed by atoms with E-state index in [4.69, 9.17) is 5.73 Å². The van der Waals surface area contributed by atoms with Crippen molar-refractivity contribution < 1.29 is 0 Å². The molecule has 0 aromatic heterocycles. The standard InChI is InChI=1S/C23H24N2/c1-17(8-7-15-24)18-13-14-23-21(16-18)20-11-5-6-12-22(20)25(23)19-9-3-2-4-10-19/h2-4,6-10,12-16,20,22H,5,11,24H2,1H3/b15-7-,17-8+. The lowest BCUT2D eigenvalue weighted by atomic mass is 9.85. The van der Waals surface area contributed by atoms with Gasteiger partial charge in [-0.1, -0.05) is 42.5 Å². The summed E-state index contributed by atoms with van der Waals surface area (Å²) in [5.74, 6) is 0.568. The van der Waals surface area contributed by atoms with Gasteiger partial charge in [0.1, 0.15) is 0 Å². The zero-order chi connectivity index (χ0) is 17.2. The Morgan fingerprint density at radius 3 is 2.80 bits per heavy atom. The van der Waals surface area contributed by atoms with E-state index in [0.29, 0.717) is 12.0 Å². The Kier molecular flexibility index (Phi) is 4.19. The minimum atomic E-state index is 0.426. The van der Waals surface area contributed by atoms with Gasteiger partial charge >= 0.3 is 0 Å². The second kappa shape index (κ2) is 6.64. The fraction of sp³-hybridized carbons (Fsp3) is 0.217. The van der Waals surface area contributed by atoms with Gasteiger partial charge in [0.05, 0.1) is 6.04 Å². The molecule has 2 N–H and O–H groups in total. The van der Waals surface area contributed by atoms with Crippen LogP contribution in [0.3, 0.4) is 0 Å². The van der Waals surface area contributed by atoms with Crippen molar-refractivity contribution in [3.05, 3.63) is 90.2 Å². The maximum atomic E-state index is 5.48. The Labute approximate surface area is 150 Å². The summed E-state index contributed by atoms with van der Waals surface area (Å²) >= 11 is 0. The first kappa shape index (κ1) is 15.8.